The van der Waals surface area contributed by atoms with Gasteiger partial charge in [0, 0.05) is 16.1 Å². The fraction of sp³-hybridized carbons (Fsp3) is 0.294. The normalized spacial score (nSPS) is 12.5. The zero-order valence-corrected chi connectivity index (χ0v) is 14.6. The van der Waals surface area contributed by atoms with Crippen molar-refractivity contribution in [2.75, 3.05) is 7.05 Å². The first kappa shape index (κ1) is 16.5. The monoisotopic (exact) mass is 369 g/mol. The summed E-state index contributed by atoms with van der Waals surface area (Å²) in [4.78, 5) is 0. The van der Waals surface area contributed by atoms with Gasteiger partial charge in [-0.1, -0.05) is 47.0 Å². The highest BCUT2D eigenvalue weighted by Crippen LogP contribution is 2.31. The van der Waals surface area contributed by atoms with Crippen LogP contribution in [0.2, 0.25) is 5.02 Å². The van der Waals surface area contributed by atoms with E-state index in [0.717, 1.165) is 0 Å². The minimum Gasteiger partial charge on any atom is -0.313 e. The lowest BCUT2D eigenvalue weighted by molar-refractivity contribution is 0.533. The number of halogens is 3. The third kappa shape index (κ3) is 3.85. The molecule has 0 amide bonds. The zero-order chi connectivity index (χ0) is 15.6. The van der Waals surface area contributed by atoms with Gasteiger partial charge in [0.2, 0.25) is 0 Å². The molecule has 1 nitrogen and oxygen atoms in total. The van der Waals surface area contributed by atoms with Crippen molar-refractivity contribution in [2.45, 2.75) is 26.3 Å². The second-order valence-corrected chi connectivity index (χ2v) is 6.54. The van der Waals surface area contributed by atoms with Gasteiger partial charge in [0.15, 0.2) is 0 Å². The molecule has 0 heterocycles. The van der Waals surface area contributed by atoms with Gasteiger partial charge in [0.1, 0.15) is 5.82 Å². The van der Waals surface area contributed by atoms with Crippen LogP contribution in [0.1, 0.15) is 28.3 Å². The summed E-state index contributed by atoms with van der Waals surface area (Å²) in [5.41, 5.74) is 4.21. The standard InChI is InChI=1S/C17H18BrClFN/c1-10-6-11(2)8-12(7-10)9-15(21-3)13-4-5-14(18)16(19)17(13)20/h4-8,15,21H,9H2,1-3H3. The first-order chi connectivity index (χ1) is 9.92. The average molecular weight is 371 g/mol. The number of rotatable bonds is 4. The number of nitrogens with one attached hydrogen (secondary N) is 1. The summed E-state index contributed by atoms with van der Waals surface area (Å²) in [6, 6.07) is 9.85. The Morgan fingerprint density at radius 2 is 1.81 bits per heavy atom. The molecule has 1 atom stereocenters. The lowest BCUT2D eigenvalue weighted by atomic mass is 9.96. The fourth-order valence-corrected chi connectivity index (χ4v) is 3.08. The Balaban J connectivity index is 2.34. The Kier molecular flexibility index (Phi) is 5.42. The molecule has 1 N–H and O–H groups in total. The maximum Gasteiger partial charge on any atom is 0.147 e. The minimum absolute atomic E-state index is 0.114. The van der Waals surface area contributed by atoms with E-state index in [2.05, 4.69) is 53.3 Å². The summed E-state index contributed by atoms with van der Waals surface area (Å²) in [6.45, 7) is 4.14. The van der Waals surface area contributed by atoms with E-state index in [1.165, 1.54) is 16.7 Å². The molecule has 0 aliphatic rings. The summed E-state index contributed by atoms with van der Waals surface area (Å²) >= 11 is 9.23. The van der Waals surface area contributed by atoms with Crippen LogP contribution >= 0.6 is 27.5 Å². The van der Waals surface area contributed by atoms with E-state index in [0.29, 0.717) is 16.5 Å². The second kappa shape index (κ2) is 6.91. The molecule has 2 aromatic carbocycles. The molecule has 0 aliphatic heterocycles. The van der Waals surface area contributed by atoms with E-state index < -0.39 is 0 Å². The van der Waals surface area contributed by atoms with Crippen LogP contribution in [-0.4, -0.2) is 7.05 Å². The molecule has 0 saturated carbocycles. The smallest absolute Gasteiger partial charge is 0.147 e. The minimum atomic E-state index is -0.366. The van der Waals surface area contributed by atoms with Crippen molar-refractivity contribution in [3.8, 4) is 0 Å². The van der Waals surface area contributed by atoms with Crippen LogP contribution in [0.4, 0.5) is 4.39 Å². The zero-order valence-electron chi connectivity index (χ0n) is 12.3. The van der Waals surface area contributed by atoms with Crippen molar-refractivity contribution in [3.05, 3.63) is 67.9 Å². The summed E-state index contributed by atoms with van der Waals surface area (Å²) in [6.07, 6.45) is 0.716. The van der Waals surface area contributed by atoms with Gasteiger partial charge in [-0.25, -0.2) is 4.39 Å². The van der Waals surface area contributed by atoms with Gasteiger partial charge in [0.25, 0.3) is 0 Å². The third-order valence-electron chi connectivity index (χ3n) is 3.51. The van der Waals surface area contributed by atoms with E-state index in [4.69, 9.17) is 11.6 Å². The Bertz CT molecular complexity index is 637. The summed E-state index contributed by atoms with van der Waals surface area (Å²) in [5.74, 6) is -0.366. The molecule has 0 radical (unpaired) electrons. The van der Waals surface area contributed by atoms with Crippen LogP contribution in [0.5, 0.6) is 0 Å². The van der Waals surface area contributed by atoms with Gasteiger partial charge < -0.3 is 5.32 Å². The number of hydrogen-bond acceptors (Lipinski definition) is 1. The van der Waals surface area contributed by atoms with Crippen LogP contribution < -0.4 is 5.32 Å². The first-order valence-corrected chi connectivity index (χ1v) is 7.97. The largest absolute Gasteiger partial charge is 0.313 e. The van der Waals surface area contributed by atoms with Crippen LogP contribution in [0.3, 0.4) is 0 Å². The van der Waals surface area contributed by atoms with E-state index in [9.17, 15) is 4.39 Å². The maximum absolute atomic E-state index is 14.4. The number of likely N-dealkylation sites (N-methyl/N-ethyl adjacent to an activating group) is 1. The van der Waals surface area contributed by atoms with E-state index in [1.54, 1.807) is 12.1 Å². The van der Waals surface area contributed by atoms with Gasteiger partial charge in [0.05, 0.1) is 5.02 Å². The van der Waals surface area contributed by atoms with Crippen LogP contribution in [0.15, 0.2) is 34.8 Å². The van der Waals surface area contributed by atoms with Gasteiger partial charge in [-0.15, -0.1) is 0 Å². The SMILES string of the molecule is CNC(Cc1cc(C)cc(C)c1)c1ccc(Br)c(Cl)c1F. The number of hydrogen-bond donors (Lipinski definition) is 1. The molecule has 112 valence electrons. The molecule has 4 heteroatoms. The Morgan fingerprint density at radius 3 is 2.38 bits per heavy atom. The molecular weight excluding hydrogens is 353 g/mol. The number of benzene rings is 2. The fourth-order valence-electron chi connectivity index (χ4n) is 2.60. The molecule has 0 spiro atoms. The average Bonchev–Trinajstić information content (AvgIpc) is 2.42. The predicted molar refractivity (Wildman–Crippen MR) is 90.5 cm³/mol. The molecule has 2 rings (SSSR count). The molecule has 0 bridgehead atoms. The summed E-state index contributed by atoms with van der Waals surface area (Å²) in [7, 11) is 1.84. The van der Waals surface area contributed by atoms with E-state index >= 15 is 0 Å². The second-order valence-electron chi connectivity index (χ2n) is 5.31. The molecular formula is C17H18BrClFN. The molecule has 0 aromatic heterocycles. The quantitative estimate of drug-likeness (QED) is 0.714. The van der Waals surface area contributed by atoms with Gasteiger partial charge in [-0.05, 0) is 54.9 Å². The highest BCUT2D eigenvalue weighted by Gasteiger charge is 2.18. The van der Waals surface area contributed by atoms with Crippen LogP contribution in [-0.2, 0) is 6.42 Å². The van der Waals surface area contributed by atoms with Crippen molar-refractivity contribution in [3.63, 3.8) is 0 Å². The van der Waals surface area contributed by atoms with Crippen molar-refractivity contribution in [2.24, 2.45) is 0 Å². The molecule has 21 heavy (non-hydrogen) atoms. The summed E-state index contributed by atoms with van der Waals surface area (Å²) < 4.78 is 14.9. The molecule has 2 aromatic rings. The molecule has 1 unspecified atom stereocenters. The van der Waals surface area contributed by atoms with E-state index in [1.807, 2.05) is 7.05 Å². The van der Waals surface area contributed by atoms with Gasteiger partial charge in [-0.3, -0.25) is 0 Å². The Morgan fingerprint density at radius 1 is 1.19 bits per heavy atom. The number of aryl methyl sites for hydroxylation is 2. The Hall–Kier alpha value is -0.900. The van der Waals surface area contributed by atoms with Crippen molar-refractivity contribution >= 4 is 27.5 Å². The van der Waals surface area contributed by atoms with Crippen LogP contribution in [0, 0.1) is 19.7 Å². The van der Waals surface area contributed by atoms with Gasteiger partial charge >= 0.3 is 0 Å². The first-order valence-electron chi connectivity index (χ1n) is 6.80. The third-order valence-corrected chi connectivity index (χ3v) is 4.77. The molecule has 0 aliphatic carbocycles. The summed E-state index contributed by atoms with van der Waals surface area (Å²) in [5, 5.41) is 3.31. The highest BCUT2D eigenvalue weighted by molar-refractivity contribution is 9.10. The topological polar surface area (TPSA) is 12.0 Å². The predicted octanol–water partition coefficient (Wildman–Crippen LogP) is 5.36. The van der Waals surface area contributed by atoms with Crippen molar-refractivity contribution in [1.29, 1.82) is 0 Å². The van der Waals surface area contributed by atoms with E-state index in [-0.39, 0.29) is 16.9 Å². The Labute approximate surface area is 138 Å². The van der Waals surface area contributed by atoms with Crippen molar-refractivity contribution in [1.82, 2.24) is 5.32 Å². The van der Waals surface area contributed by atoms with Gasteiger partial charge in [-0.2, -0.15) is 0 Å². The maximum atomic E-state index is 14.4. The molecule has 0 saturated heterocycles. The lowest BCUT2D eigenvalue weighted by Gasteiger charge is -2.19. The molecule has 0 fully saturated rings. The lowest BCUT2D eigenvalue weighted by Crippen LogP contribution is -2.20. The van der Waals surface area contributed by atoms with Crippen LogP contribution in [0.25, 0.3) is 0 Å². The van der Waals surface area contributed by atoms with Crippen molar-refractivity contribution < 1.29 is 4.39 Å². The highest BCUT2D eigenvalue weighted by atomic mass is 79.9.